The molecular weight excluding hydrogens is 296 g/mol. The number of aliphatic imine (C=N–C) groups is 1. The molecule has 2 rings (SSSR count). The number of ether oxygens (including phenoxy) is 2. The molecule has 0 bridgehead atoms. The van der Waals surface area contributed by atoms with Gasteiger partial charge in [-0.2, -0.15) is 0 Å². The summed E-state index contributed by atoms with van der Waals surface area (Å²) in [6.07, 6.45) is 2.21. The standard InChI is InChI=1S/C16H28N4O3/c1-12(2)15-9-14(23-20-15)10-19-16(17-3)18-6-4-7-22-13-5-8-21-11-13/h9,12-13H,4-8,10-11H2,1-3H3,(H2,17,18,19). The zero-order valence-electron chi connectivity index (χ0n) is 14.3. The topological polar surface area (TPSA) is 80.9 Å². The van der Waals surface area contributed by atoms with Crippen molar-refractivity contribution in [1.29, 1.82) is 0 Å². The Balaban J connectivity index is 1.59. The largest absolute Gasteiger partial charge is 0.379 e. The van der Waals surface area contributed by atoms with E-state index < -0.39 is 0 Å². The zero-order chi connectivity index (χ0) is 16.5. The fourth-order valence-electron chi connectivity index (χ4n) is 2.25. The first-order chi connectivity index (χ1) is 11.2. The third kappa shape index (κ3) is 6.19. The third-order valence-electron chi connectivity index (χ3n) is 3.68. The van der Waals surface area contributed by atoms with Crippen LogP contribution in [0.4, 0.5) is 0 Å². The Kier molecular flexibility index (Phi) is 7.35. The second-order valence-corrected chi connectivity index (χ2v) is 5.94. The highest BCUT2D eigenvalue weighted by molar-refractivity contribution is 5.79. The Bertz CT molecular complexity index is 481. The molecule has 1 fully saturated rings. The number of guanidine groups is 1. The molecule has 130 valence electrons. The van der Waals surface area contributed by atoms with Crippen LogP contribution in [0.1, 0.15) is 44.1 Å². The molecule has 0 radical (unpaired) electrons. The number of nitrogens with one attached hydrogen (secondary N) is 2. The zero-order valence-corrected chi connectivity index (χ0v) is 14.3. The van der Waals surface area contributed by atoms with Gasteiger partial charge in [-0.25, -0.2) is 0 Å². The average Bonchev–Trinajstić information content (AvgIpc) is 3.21. The summed E-state index contributed by atoms with van der Waals surface area (Å²) < 4.78 is 16.3. The van der Waals surface area contributed by atoms with Crippen LogP contribution in [-0.4, -0.2) is 50.6 Å². The molecule has 1 aliphatic heterocycles. The molecule has 7 nitrogen and oxygen atoms in total. The lowest BCUT2D eigenvalue weighted by Gasteiger charge is -2.12. The summed E-state index contributed by atoms with van der Waals surface area (Å²) >= 11 is 0. The third-order valence-corrected chi connectivity index (χ3v) is 3.68. The van der Waals surface area contributed by atoms with Crippen LogP contribution < -0.4 is 10.6 Å². The second kappa shape index (κ2) is 9.52. The van der Waals surface area contributed by atoms with E-state index in [0.29, 0.717) is 12.5 Å². The van der Waals surface area contributed by atoms with E-state index >= 15 is 0 Å². The van der Waals surface area contributed by atoms with Gasteiger partial charge in [-0.05, 0) is 18.8 Å². The van der Waals surface area contributed by atoms with Gasteiger partial charge in [0.2, 0.25) is 0 Å². The predicted molar refractivity (Wildman–Crippen MR) is 88.6 cm³/mol. The Labute approximate surface area is 137 Å². The van der Waals surface area contributed by atoms with Crippen LogP contribution in [0, 0.1) is 0 Å². The van der Waals surface area contributed by atoms with E-state index in [9.17, 15) is 0 Å². The summed E-state index contributed by atoms with van der Waals surface area (Å²) in [6.45, 7) is 7.84. The summed E-state index contributed by atoms with van der Waals surface area (Å²) in [4.78, 5) is 4.19. The van der Waals surface area contributed by atoms with Crippen molar-refractivity contribution in [3.63, 3.8) is 0 Å². The molecule has 0 aliphatic carbocycles. The molecule has 0 saturated carbocycles. The monoisotopic (exact) mass is 324 g/mol. The van der Waals surface area contributed by atoms with E-state index in [0.717, 1.165) is 56.6 Å². The van der Waals surface area contributed by atoms with Crippen molar-refractivity contribution >= 4 is 5.96 Å². The molecule has 1 saturated heterocycles. The lowest BCUT2D eigenvalue weighted by molar-refractivity contribution is 0.0420. The summed E-state index contributed by atoms with van der Waals surface area (Å²) in [5, 5.41) is 10.5. The number of hydrogen-bond acceptors (Lipinski definition) is 5. The normalized spacial score (nSPS) is 18.6. The molecule has 7 heteroatoms. The quantitative estimate of drug-likeness (QED) is 0.430. The van der Waals surface area contributed by atoms with Gasteiger partial charge in [0.15, 0.2) is 11.7 Å². The van der Waals surface area contributed by atoms with Gasteiger partial charge in [-0.1, -0.05) is 19.0 Å². The van der Waals surface area contributed by atoms with Gasteiger partial charge in [0.05, 0.1) is 24.9 Å². The Morgan fingerprint density at radius 1 is 1.48 bits per heavy atom. The maximum atomic E-state index is 5.72. The van der Waals surface area contributed by atoms with E-state index in [1.165, 1.54) is 0 Å². The summed E-state index contributed by atoms with van der Waals surface area (Å²) in [5.74, 6) is 1.92. The molecule has 0 amide bonds. The average molecular weight is 324 g/mol. The van der Waals surface area contributed by atoms with Crippen LogP contribution >= 0.6 is 0 Å². The van der Waals surface area contributed by atoms with E-state index in [2.05, 4.69) is 34.6 Å². The maximum Gasteiger partial charge on any atom is 0.191 e. The molecular formula is C16H28N4O3. The first kappa shape index (κ1) is 17.7. The number of rotatable bonds is 8. The van der Waals surface area contributed by atoms with Crippen LogP contribution in [0.2, 0.25) is 0 Å². The van der Waals surface area contributed by atoms with E-state index in [-0.39, 0.29) is 6.10 Å². The fraction of sp³-hybridized carbons (Fsp3) is 0.750. The van der Waals surface area contributed by atoms with Crippen LogP contribution in [0.15, 0.2) is 15.6 Å². The van der Waals surface area contributed by atoms with Crippen LogP contribution in [0.5, 0.6) is 0 Å². The SMILES string of the molecule is CN=C(NCCCOC1CCOC1)NCc1cc(C(C)C)no1. The molecule has 1 aromatic rings. The maximum absolute atomic E-state index is 5.72. The Morgan fingerprint density at radius 2 is 2.35 bits per heavy atom. The summed E-state index contributed by atoms with van der Waals surface area (Å²) in [7, 11) is 1.75. The molecule has 1 unspecified atom stereocenters. The minimum atomic E-state index is 0.272. The summed E-state index contributed by atoms with van der Waals surface area (Å²) in [5.41, 5.74) is 0.970. The molecule has 0 spiro atoms. The van der Waals surface area contributed by atoms with Gasteiger partial charge in [0.25, 0.3) is 0 Å². The van der Waals surface area contributed by atoms with Gasteiger partial charge in [0, 0.05) is 32.9 Å². The highest BCUT2D eigenvalue weighted by Crippen LogP contribution is 2.13. The van der Waals surface area contributed by atoms with Crippen molar-refractivity contribution < 1.29 is 14.0 Å². The van der Waals surface area contributed by atoms with Gasteiger partial charge in [0.1, 0.15) is 0 Å². The lowest BCUT2D eigenvalue weighted by atomic mass is 10.1. The molecule has 1 atom stereocenters. The molecule has 1 aromatic heterocycles. The first-order valence-corrected chi connectivity index (χ1v) is 8.28. The van der Waals surface area contributed by atoms with Crippen molar-refractivity contribution in [1.82, 2.24) is 15.8 Å². The van der Waals surface area contributed by atoms with E-state index in [4.69, 9.17) is 14.0 Å². The lowest BCUT2D eigenvalue weighted by Crippen LogP contribution is -2.37. The van der Waals surface area contributed by atoms with Crippen molar-refractivity contribution in [2.75, 3.05) is 33.4 Å². The smallest absolute Gasteiger partial charge is 0.191 e. The van der Waals surface area contributed by atoms with Gasteiger partial charge in [-0.3, -0.25) is 4.99 Å². The van der Waals surface area contributed by atoms with E-state index in [1.54, 1.807) is 7.05 Å². The Hall–Kier alpha value is -1.60. The molecule has 2 heterocycles. The fourth-order valence-corrected chi connectivity index (χ4v) is 2.25. The highest BCUT2D eigenvalue weighted by atomic mass is 16.5. The van der Waals surface area contributed by atoms with Crippen molar-refractivity contribution in [2.45, 2.75) is 45.3 Å². The minimum absolute atomic E-state index is 0.272. The van der Waals surface area contributed by atoms with Crippen LogP contribution in [0.25, 0.3) is 0 Å². The van der Waals surface area contributed by atoms with Gasteiger partial charge < -0.3 is 24.6 Å². The van der Waals surface area contributed by atoms with Crippen molar-refractivity contribution in [2.24, 2.45) is 4.99 Å². The highest BCUT2D eigenvalue weighted by Gasteiger charge is 2.15. The van der Waals surface area contributed by atoms with Gasteiger partial charge in [-0.15, -0.1) is 0 Å². The number of hydrogen-bond donors (Lipinski definition) is 2. The van der Waals surface area contributed by atoms with Crippen molar-refractivity contribution in [3.8, 4) is 0 Å². The Morgan fingerprint density at radius 3 is 3.00 bits per heavy atom. The number of nitrogens with zero attached hydrogens (tertiary/aromatic N) is 2. The van der Waals surface area contributed by atoms with Gasteiger partial charge >= 0.3 is 0 Å². The van der Waals surface area contributed by atoms with Crippen molar-refractivity contribution in [3.05, 3.63) is 17.5 Å². The molecule has 1 aliphatic rings. The predicted octanol–water partition coefficient (Wildman–Crippen LogP) is 1.66. The number of aromatic nitrogens is 1. The first-order valence-electron chi connectivity index (χ1n) is 8.28. The van der Waals surface area contributed by atoms with Crippen LogP contribution in [0.3, 0.4) is 0 Å². The minimum Gasteiger partial charge on any atom is -0.379 e. The molecule has 0 aromatic carbocycles. The summed E-state index contributed by atoms with van der Waals surface area (Å²) in [6, 6.07) is 1.97. The molecule has 23 heavy (non-hydrogen) atoms. The molecule has 2 N–H and O–H groups in total. The van der Waals surface area contributed by atoms with E-state index in [1.807, 2.05) is 6.07 Å². The second-order valence-electron chi connectivity index (χ2n) is 5.94. The van der Waals surface area contributed by atoms with Crippen LogP contribution in [-0.2, 0) is 16.0 Å².